The van der Waals surface area contributed by atoms with Gasteiger partial charge in [0.1, 0.15) is 11.9 Å². The van der Waals surface area contributed by atoms with Gasteiger partial charge in [0.15, 0.2) is 0 Å². The van der Waals surface area contributed by atoms with Crippen LogP contribution in [-0.2, 0) is 0 Å². The Balaban J connectivity index is 1.55. The highest BCUT2D eigenvalue weighted by Crippen LogP contribution is 2.28. The minimum absolute atomic E-state index is 0.277. The number of nitrogens with zero attached hydrogens (tertiary/aromatic N) is 2. The minimum Gasteiger partial charge on any atom is -0.473 e. The van der Waals surface area contributed by atoms with E-state index in [1.54, 1.807) is 24.2 Å². The third-order valence-corrected chi connectivity index (χ3v) is 5.37. The van der Waals surface area contributed by atoms with Gasteiger partial charge in [-0.05, 0) is 37.9 Å². The van der Waals surface area contributed by atoms with Crippen LogP contribution >= 0.6 is 11.8 Å². The zero-order valence-corrected chi connectivity index (χ0v) is 13.1. The molecule has 0 aromatic carbocycles. The van der Waals surface area contributed by atoms with Crippen molar-refractivity contribution in [1.82, 2.24) is 9.97 Å². The first-order valence-electron chi connectivity index (χ1n) is 7.76. The molecule has 21 heavy (non-hydrogen) atoms. The molecule has 1 atom stereocenters. The second-order valence-corrected chi connectivity index (χ2v) is 7.11. The van der Waals surface area contributed by atoms with Gasteiger partial charge in [0.2, 0.25) is 5.88 Å². The molecule has 2 aliphatic rings. The lowest BCUT2D eigenvalue weighted by Crippen LogP contribution is -2.36. The lowest BCUT2D eigenvalue weighted by atomic mass is 9.98. The van der Waals surface area contributed by atoms with Gasteiger partial charge in [-0.3, -0.25) is 4.98 Å². The summed E-state index contributed by atoms with van der Waals surface area (Å²) >= 11 is 1.79. The minimum atomic E-state index is -0.618. The van der Waals surface area contributed by atoms with Crippen LogP contribution in [0.15, 0.2) is 12.4 Å². The van der Waals surface area contributed by atoms with Gasteiger partial charge in [0, 0.05) is 12.3 Å². The van der Waals surface area contributed by atoms with Gasteiger partial charge >= 0.3 is 0 Å². The molecular weight excluding hydrogens is 286 g/mol. The van der Waals surface area contributed by atoms with Crippen molar-refractivity contribution in [2.45, 2.75) is 50.2 Å². The van der Waals surface area contributed by atoms with E-state index in [-0.39, 0.29) is 6.10 Å². The van der Waals surface area contributed by atoms with E-state index in [1.807, 2.05) is 0 Å². The molecule has 0 amide bonds. The van der Waals surface area contributed by atoms with E-state index >= 15 is 0 Å². The van der Waals surface area contributed by atoms with Crippen LogP contribution in [0.3, 0.4) is 0 Å². The third kappa shape index (κ3) is 4.23. The van der Waals surface area contributed by atoms with E-state index in [0.29, 0.717) is 18.2 Å². The third-order valence-electron chi connectivity index (χ3n) is 4.13. The van der Waals surface area contributed by atoms with Crippen LogP contribution in [0.4, 0.5) is 5.82 Å². The maximum atomic E-state index is 10.3. The van der Waals surface area contributed by atoms with Crippen molar-refractivity contribution in [2.75, 3.05) is 23.4 Å². The number of aromatic nitrogens is 2. The van der Waals surface area contributed by atoms with Crippen molar-refractivity contribution >= 4 is 17.6 Å². The molecule has 0 bridgehead atoms. The summed E-state index contributed by atoms with van der Waals surface area (Å²) in [5.41, 5.74) is -0.618. The first-order chi connectivity index (χ1) is 10.2. The maximum absolute atomic E-state index is 10.3. The molecule has 1 saturated heterocycles. The topological polar surface area (TPSA) is 67.3 Å². The Morgan fingerprint density at radius 2 is 2.19 bits per heavy atom. The summed E-state index contributed by atoms with van der Waals surface area (Å²) in [7, 11) is 0. The molecule has 6 heteroatoms. The molecule has 0 radical (unpaired) electrons. The van der Waals surface area contributed by atoms with Crippen molar-refractivity contribution in [2.24, 2.45) is 0 Å². The highest BCUT2D eigenvalue weighted by atomic mass is 32.2. The van der Waals surface area contributed by atoms with Gasteiger partial charge in [-0.15, -0.1) is 0 Å². The summed E-state index contributed by atoms with van der Waals surface area (Å²) in [5, 5.41) is 13.5. The number of anilines is 1. The van der Waals surface area contributed by atoms with Gasteiger partial charge in [0.25, 0.3) is 0 Å². The van der Waals surface area contributed by atoms with Crippen LogP contribution < -0.4 is 10.1 Å². The van der Waals surface area contributed by atoms with Crippen LogP contribution in [0, 0.1) is 0 Å². The van der Waals surface area contributed by atoms with Crippen LogP contribution in [0.2, 0.25) is 0 Å². The van der Waals surface area contributed by atoms with Crippen molar-refractivity contribution in [3.63, 3.8) is 0 Å². The number of nitrogens with one attached hydrogen (secondary N) is 1. The van der Waals surface area contributed by atoms with Gasteiger partial charge in [-0.1, -0.05) is 6.42 Å². The lowest BCUT2D eigenvalue weighted by molar-refractivity contribution is 0.0818. The predicted octanol–water partition coefficient (Wildman–Crippen LogP) is 2.47. The van der Waals surface area contributed by atoms with Crippen LogP contribution in [-0.4, -0.2) is 44.8 Å². The molecule has 0 spiro atoms. The monoisotopic (exact) mass is 309 g/mol. The molecule has 2 heterocycles. The van der Waals surface area contributed by atoms with E-state index in [1.165, 1.54) is 19.3 Å². The fraction of sp³-hybridized carbons (Fsp3) is 0.733. The summed E-state index contributed by atoms with van der Waals surface area (Å²) in [4.78, 5) is 8.63. The largest absolute Gasteiger partial charge is 0.473 e. The number of ether oxygens (including phenoxy) is 1. The van der Waals surface area contributed by atoms with Gasteiger partial charge in [-0.25, -0.2) is 0 Å². The quantitative estimate of drug-likeness (QED) is 0.871. The molecular formula is C15H23N3O2S. The van der Waals surface area contributed by atoms with Crippen LogP contribution in [0.25, 0.3) is 0 Å². The van der Waals surface area contributed by atoms with E-state index in [4.69, 9.17) is 4.74 Å². The van der Waals surface area contributed by atoms with Crippen molar-refractivity contribution in [1.29, 1.82) is 0 Å². The molecule has 1 saturated carbocycles. The Morgan fingerprint density at radius 1 is 1.33 bits per heavy atom. The fourth-order valence-corrected chi connectivity index (χ4v) is 4.13. The number of aliphatic hydroxyl groups is 1. The summed E-state index contributed by atoms with van der Waals surface area (Å²) in [6, 6.07) is 0. The van der Waals surface area contributed by atoms with Gasteiger partial charge in [0.05, 0.1) is 18.0 Å². The molecule has 1 aliphatic carbocycles. The number of rotatable bonds is 5. The van der Waals surface area contributed by atoms with Crippen LogP contribution in [0.5, 0.6) is 5.88 Å². The van der Waals surface area contributed by atoms with Crippen LogP contribution in [0.1, 0.15) is 38.5 Å². The summed E-state index contributed by atoms with van der Waals surface area (Å²) in [6.07, 6.45) is 10.5. The van der Waals surface area contributed by atoms with Gasteiger partial charge < -0.3 is 15.2 Å². The summed E-state index contributed by atoms with van der Waals surface area (Å²) in [6.45, 7) is 0.515. The van der Waals surface area contributed by atoms with E-state index in [9.17, 15) is 5.11 Å². The Kier molecular flexibility index (Phi) is 4.85. The SMILES string of the molecule is OC1(CNc2cncc(OC3CCCCC3)n2)CCSC1. The smallest absolute Gasteiger partial charge is 0.234 e. The summed E-state index contributed by atoms with van der Waals surface area (Å²) < 4.78 is 5.91. The average Bonchev–Trinajstić information content (AvgIpc) is 2.94. The first kappa shape index (κ1) is 14.9. The number of hydrogen-bond acceptors (Lipinski definition) is 6. The zero-order chi connectivity index (χ0) is 14.5. The predicted molar refractivity (Wildman–Crippen MR) is 84.9 cm³/mol. The first-order valence-corrected chi connectivity index (χ1v) is 8.92. The van der Waals surface area contributed by atoms with E-state index in [0.717, 1.165) is 30.8 Å². The molecule has 1 unspecified atom stereocenters. The summed E-state index contributed by atoms with van der Waals surface area (Å²) in [5.74, 6) is 3.06. The van der Waals surface area contributed by atoms with Gasteiger partial charge in [-0.2, -0.15) is 16.7 Å². The number of thioether (sulfide) groups is 1. The normalized spacial score (nSPS) is 26.7. The average molecular weight is 309 g/mol. The Hall–Kier alpha value is -1.01. The molecule has 116 valence electrons. The molecule has 2 fully saturated rings. The molecule has 1 aliphatic heterocycles. The molecule has 5 nitrogen and oxygen atoms in total. The van der Waals surface area contributed by atoms with Crippen molar-refractivity contribution in [3.05, 3.63) is 12.4 Å². The zero-order valence-electron chi connectivity index (χ0n) is 12.3. The Bertz CT molecular complexity index is 460. The lowest BCUT2D eigenvalue weighted by Gasteiger charge is -2.23. The number of hydrogen-bond donors (Lipinski definition) is 2. The highest BCUT2D eigenvalue weighted by molar-refractivity contribution is 7.99. The van der Waals surface area contributed by atoms with Crippen molar-refractivity contribution < 1.29 is 9.84 Å². The highest BCUT2D eigenvalue weighted by Gasteiger charge is 2.31. The molecule has 2 N–H and O–H groups in total. The molecule has 1 aromatic heterocycles. The van der Waals surface area contributed by atoms with E-state index in [2.05, 4.69) is 15.3 Å². The second-order valence-electron chi connectivity index (χ2n) is 6.00. The van der Waals surface area contributed by atoms with E-state index < -0.39 is 5.60 Å². The fourth-order valence-electron chi connectivity index (χ4n) is 2.83. The molecule has 3 rings (SSSR count). The van der Waals surface area contributed by atoms with Crippen molar-refractivity contribution in [3.8, 4) is 5.88 Å². The Morgan fingerprint density at radius 3 is 2.95 bits per heavy atom. The standard InChI is InChI=1S/C15H23N3O2S/c19-15(6-7-21-11-15)10-17-13-8-16-9-14(18-13)20-12-4-2-1-3-5-12/h8-9,12,19H,1-7,10-11H2,(H,17,18). The maximum Gasteiger partial charge on any atom is 0.234 e. The molecule has 1 aromatic rings. The Labute approximate surface area is 129 Å². The second kappa shape index (κ2) is 6.83.